The molecule has 31 heavy (non-hydrogen) atoms. The van der Waals surface area contributed by atoms with Gasteiger partial charge in [0, 0.05) is 5.56 Å². The van der Waals surface area contributed by atoms with Crippen molar-refractivity contribution in [3.05, 3.63) is 100 Å². The fourth-order valence-corrected chi connectivity index (χ4v) is 3.56. The number of hydrazine groups is 1. The highest BCUT2D eigenvalue weighted by Crippen LogP contribution is 2.27. The third kappa shape index (κ3) is 6.18. The molecule has 5 nitrogen and oxygen atoms in total. The van der Waals surface area contributed by atoms with Crippen LogP contribution in [0.3, 0.4) is 0 Å². The molecule has 2 N–H and O–H groups in total. The van der Waals surface area contributed by atoms with Crippen molar-refractivity contribution < 1.29 is 14.3 Å². The van der Waals surface area contributed by atoms with Crippen LogP contribution in [0.25, 0.3) is 0 Å². The summed E-state index contributed by atoms with van der Waals surface area (Å²) in [6.45, 7) is 4.72. The standard InChI is InChI=1S/C25H25BrN2O3/c1-17(2)16-31-22-14-13-20(15-21(22)26)24(29)27-28-25(30)23(18-9-5-3-6-10-18)19-11-7-4-8-12-19/h3-15,17,23H,16H2,1-2H3,(H,27,29)(H,28,30). The van der Waals surface area contributed by atoms with Crippen molar-refractivity contribution in [2.45, 2.75) is 19.8 Å². The maximum atomic E-state index is 13.0. The number of benzene rings is 3. The van der Waals surface area contributed by atoms with E-state index in [0.29, 0.717) is 28.3 Å². The van der Waals surface area contributed by atoms with Gasteiger partial charge in [-0.05, 0) is 51.2 Å². The number of hydrogen-bond donors (Lipinski definition) is 2. The van der Waals surface area contributed by atoms with Crippen LogP contribution in [0.15, 0.2) is 83.3 Å². The van der Waals surface area contributed by atoms with Gasteiger partial charge in [-0.2, -0.15) is 0 Å². The molecular formula is C25H25BrN2O3. The minimum atomic E-state index is -0.541. The highest BCUT2D eigenvalue weighted by molar-refractivity contribution is 9.10. The van der Waals surface area contributed by atoms with Crippen molar-refractivity contribution in [1.82, 2.24) is 10.9 Å². The lowest BCUT2D eigenvalue weighted by Crippen LogP contribution is -2.44. The van der Waals surface area contributed by atoms with E-state index in [1.165, 1.54) is 0 Å². The molecule has 0 saturated carbocycles. The van der Waals surface area contributed by atoms with Crippen molar-refractivity contribution in [3.63, 3.8) is 0 Å². The molecule has 0 aliphatic rings. The van der Waals surface area contributed by atoms with E-state index in [1.54, 1.807) is 18.2 Å². The summed E-state index contributed by atoms with van der Waals surface area (Å²) in [4.78, 5) is 25.6. The summed E-state index contributed by atoms with van der Waals surface area (Å²) in [5, 5.41) is 0. The maximum Gasteiger partial charge on any atom is 0.269 e. The quantitative estimate of drug-likeness (QED) is 0.463. The molecule has 3 aromatic carbocycles. The SMILES string of the molecule is CC(C)COc1ccc(C(=O)NNC(=O)C(c2ccccc2)c2ccccc2)cc1Br. The van der Waals surface area contributed by atoms with Crippen molar-refractivity contribution in [2.75, 3.05) is 6.61 Å². The second-order valence-corrected chi connectivity index (χ2v) is 8.40. The molecule has 6 heteroatoms. The van der Waals surface area contributed by atoms with Gasteiger partial charge in [-0.25, -0.2) is 0 Å². The van der Waals surface area contributed by atoms with Crippen LogP contribution in [0.4, 0.5) is 0 Å². The van der Waals surface area contributed by atoms with Gasteiger partial charge in [-0.15, -0.1) is 0 Å². The molecule has 0 radical (unpaired) electrons. The van der Waals surface area contributed by atoms with Crippen LogP contribution >= 0.6 is 15.9 Å². The van der Waals surface area contributed by atoms with Crippen LogP contribution < -0.4 is 15.6 Å². The maximum absolute atomic E-state index is 13.0. The average molecular weight is 481 g/mol. The van der Waals surface area contributed by atoms with Crippen molar-refractivity contribution in [2.24, 2.45) is 5.92 Å². The van der Waals surface area contributed by atoms with Crippen molar-refractivity contribution >= 4 is 27.7 Å². The molecule has 0 unspecified atom stereocenters. The zero-order chi connectivity index (χ0) is 22.2. The Kier molecular flexibility index (Phi) is 7.84. The van der Waals surface area contributed by atoms with Crippen molar-refractivity contribution in [1.29, 1.82) is 0 Å². The molecule has 0 atom stereocenters. The number of ether oxygens (including phenoxy) is 1. The first-order valence-corrected chi connectivity index (χ1v) is 10.9. The Balaban J connectivity index is 1.69. The van der Waals surface area contributed by atoms with Gasteiger partial charge in [0.1, 0.15) is 5.75 Å². The van der Waals surface area contributed by atoms with E-state index in [1.807, 2.05) is 60.7 Å². The lowest BCUT2D eigenvalue weighted by molar-refractivity contribution is -0.122. The molecule has 3 aromatic rings. The van der Waals surface area contributed by atoms with Gasteiger partial charge < -0.3 is 4.74 Å². The summed E-state index contributed by atoms with van der Waals surface area (Å²) in [6.07, 6.45) is 0. The van der Waals surface area contributed by atoms with E-state index in [2.05, 4.69) is 40.6 Å². The summed E-state index contributed by atoms with van der Waals surface area (Å²) >= 11 is 3.44. The van der Waals surface area contributed by atoms with Crippen LogP contribution in [0.2, 0.25) is 0 Å². The van der Waals surface area contributed by atoms with Crippen LogP contribution in [-0.2, 0) is 4.79 Å². The van der Waals surface area contributed by atoms with Crippen molar-refractivity contribution in [3.8, 4) is 5.75 Å². The molecule has 0 spiro atoms. The molecule has 160 valence electrons. The average Bonchev–Trinajstić information content (AvgIpc) is 2.78. The number of hydrogen-bond acceptors (Lipinski definition) is 3. The second-order valence-electron chi connectivity index (χ2n) is 7.55. The summed E-state index contributed by atoms with van der Waals surface area (Å²) in [6, 6.07) is 24.0. The first-order chi connectivity index (χ1) is 15.0. The summed E-state index contributed by atoms with van der Waals surface area (Å²) in [5.41, 5.74) is 7.17. The van der Waals surface area contributed by atoms with Gasteiger partial charge in [0.05, 0.1) is 17.0 Å². The molecule has 3 rings (SSSR count). The highest BCUT2D eigenvalue weighted by Gasteiger charge is 2.23. The molecular weight excluding hydrogens is 456 g/mol. The molecule has 2 amide bonds. The number of carbonyl (C=O) groups excluding carboxylic acids is 2. The normalized spacial score (nSPS) is 10.7. The highest BCUT2D eigenvalue weighted by atomic mass is 79.9. The Hall–Kier alpha value is -3.12. The molecule has 0 aliphatic heterocycles. The van der Waals surface area contributed by atoms with Gasteiger partial charge in [-0.3, -0.25) is 20.4 Å². The second kappa shape index (κ2) is 10.8. The Morgan fingerprint density at radius 1 is 0.871 bits per heavy atom. The third-order valence-corrected chi connectivity index (χ3v) is 5.21. The molecule has 0 aliphatic carbocycles. The summed E-state index contributed by atoms with van der Waals surface area (Å²) in [5.74, 6) is -0.206. The lowest BCUT2D eigenvalue weighted by Gasteiger charge is -2.18. The Labute approximate surface area is 190 Å². The topological polar surface area (TPSA) is 67.4 Å². The zero-order valence-electron chi connectivity index (χ0n) is 17.5. The van der Waals surface area contributed by atoms with Gasteiger partial charge >= 0.3 is 0 Å². The Morgan fingerprint density at radius 3 is 1.97 bits per heavy atom. The van der Waals surface area contributed by atoms with E-state index >= 15 is 0 Å². The van der Waals surface area contributed by atoms with E-state index < -0.39 is 11.8 Å². The third-order valence-electron chi connectivity index (χ3n) is 4.59. The lowest BCUT2D eigenvalue weighted by atomic mass is 9.91. The zero-order valence-corrected chi connectivity index (χ0v) is 19.1. The number of halogens is 1. The molecule has 0 bridgehead atoms. The smallest absolute Gasteiger partial charge is 0.269 e. The number of amides is 2. The number of rotatable bonds is 7. The number of nitrogens with one attached hydrogen (secondary N) is 2. The van der Waals surface area contributed by atoms with E-state index in [9.17, 15) is 9.59 Å². The van der Waals surface area contributed by atoms with Gasteiger partial charge in [0.2, 0.25) is 5.91 Å². The van der Waals surface area contributed by atoms with E-state index in [-0.39, 0.29) is 5.91 Å². The van der Waals surface area contributed by atoms with Crippen LogP contribution in [0.1, 0.15) is 41.3 Å². The molecule has 0 fully saturated rings. The first kappa shape index (κ1) is 22.6. The molecule has 0 aromatic heterocycles. The fourth-order valence-electron chi connectivity index (χ4n) is 3.06. The van der Waals surface area contributed by atoms with Gasteiger partial charge in [-0.1, -0.05) is 74.5 Å². The summed E-state index contributed by atoms with van der Waals surface area (Å²) in [7, 11) is 0. The van der Waals surface area contributed by atoms with Crippen LogP contribution in [0, 0.1) is 5.92 Å². The molecule has 0 saturated heterocycles. The minimum absolute atomic E-state index is 0.318. The Bertz CT molecular complexity index is 984. The molecule has 0 heterocycles. The predicted octanol–water partition coefficient (Wildman–Crippen LogP) is 5.08. The minimum Gasteiger partial charge on any atom is -0.492 e. The first-order valence-electron chi connectivity index (χ1n) is 10.1. The fraction of sp³-hybridized carbons (Fsp3) is 0.200. The Morgan fingerprint density at radius 2 is 1.45 bits per heavy atom. The van der Waals surface area contributed by atoms with Crippen LogP contribution in [0.5, 0.6) is 5.75 Å². The van der Waals surface area contributed by atoms with Gasteiger partial charge in [0.15, 0.2) is 0 Å². The summed E-state index contributed by atoms with van der Waals surface area (Å²) < 4.78 is 6.39. The van der Waals surface area contributed by atoms with Gasteiger partial charge in [0.25, 0.3) is 5.91 Å². The van der Waals surface area contributed by atoms with E-state index in [4.69, 9.17) is 4.74 Å². The largest absolute Gasteiger partial charge is 0.492 e. The predicted molar refractivity (Wildman–Crippen MR) is 125 cm³/mol. The van der Waals surface area contributed by atoms with E-state index in [0.717, 1.165) is 11.1 Å². The monoisotopic (exact) mass is 480 g/mol. The van der Waals surface area contributed by atoms with Crippen LogP contribution in [-0.4, -0.2) is 18.4 Å². The number of carbonyl (C=O) groups is 2.